The van der Waals surface area contributed by atoms with Crippen molar-refractivity contribution < 1.29 is 5.11 Å². The number of aromatic nitrogens is 4. The molecule has 5 nitrogen and oxygen atoms in total. The molecule has 5 heteroatoms. The molecule has 1 saturated carbocycles. The molecule has 1 aliphatic carbocycles. The van der Waals surface area contributed by atoms with Crippen LogP contribution < -0.4 is 0 Å². The average molecular weight is 218 g/mol. The van der Waals surface area contributed by atoms with Crippen LogP contribution in [0.1, 0.15) is 18.5 Å². The van der Waals surface area contributed by atoms with Gasteiger partial charge in [-0.15, -0.1) is 0 Å². The van der Waals surface area contributed by atoms with E-state index in [1.165, 1.54) is 0 Å². The molecule has 0 radical (unpaired) electrons. The molecule has 2 heterocycles. The van der Waals surface area contributed by atoms with Crippen LogP contribution >= 0.6 is 0 Å². The molecule has 1 aliphatic rings. The normalized spacial score (nSPS) is 17.9. The molecule has 0 aromatic carbocycles. The molecule has 0 spiro atoms. The number of aryl methyl sites for hydroxylation is 1. The van der Waals surface area contributed by atoms with Gasteiger partial charge in [0.2, 0.25) is 0 Å². The van der Waals surface area contributed by atoms with E-state index < -0.39 is 0 Å². The Labute approximate surface area is 93.1 Å². The molecule has 0 bridgehead atoms. The van der Waals surface area contributed by atoms with E-state index in [0.29, 0.717) is 12.3 Å². The number of aliphatic hydroxyl groups excluding tert-OH is 1. The van der Waals surface area contributed by atoms with Crippen LogP contribution in [0, 0.1) is 5.92 Å². The quantitative estimate of drug-likeness (QED) is 0.822. The molecule has 3 rings (SSSR count). The van der Waals surface area contributed by atoms with Crippen molar-refractivity contribution in [1.29, 1.82) is 0 Å². The molecule has 84 valence electrons. The Hall–Kier alpha value is -1.49. The lowest BCUT2D eigenvalue weighted by Gasteiger charge is -2.08. The van der Waals surface area contributed by atoms with Gasteiger partial charge in [-0.2, -0.15) is 5.10 Å². The minimum absolute atomic E-state index is 0.265. The van der Waals surface area contributed by atoms with E-state index in [2.05, 4.69) is 15.1 Å². The number of hydrogen-bond donors (Lipinski definition) is 1. The van der Waals surface area contributed by atoms with Gasteiger partial charge < -0.3 is 5.11 Å². The second-order valence-electron chi connectivity index (χ2n) is 4.43. The zero-order chi connectivity index (χ0) is 11.1. The van der Waals surface area contributed by atoms with Crippen LogP contribution in [-0.2, 0) is 13.5 Å². The Morgan fingerprint density at radius 3 is 3.06 bits per heavy atom. The van der Waals surface area contributed by atoms with Crippen LogP contribution in [-0.4, -0.2) is 31.0 Å². The molecule has 1 N–H and O–H groups in total. The Morgan fingerprint density at radius 2 is 2.31 bits per heavy atom. The van der Waals surface area contributed by atoms with E-state index in [9.17, 15) is 5.11 Å². The highest BCUT2D eigenvalue weighted by molar-refractivity contribution is 5.76. The number of nitrogens with zero attached hydrogens (tertiary/aromatic N) is 4. The highest BCUT2D eigenvalue weighted by Gasteiger charge is 2.30. The first kappa shape index (κ1) is 9.72. The minimum atomic E-state index is -0.265. The maximum Gasteiger partial charge on any atom is 0.161 e. The molecule has 0 amide bonds. The minimum Gasteiger partial charge on any atom is -0.392 e. The van der Waals surface area contributed by atoms with E-state index >= 15 is 0 Å². The van der Waals surface area contributed by atoms with E-state index in [0.717, 1.165) is 29.6 Å². The summed E-state index contributed by atoms with van der Waals surface area (Å²) >= 11 is 0. The van der Waals surface area contributed by atoms with Crippen LogP contribution in [0.5, 0.6) is 0 Å². The van der Waals surface area contributed by atoms with Crippen molar-refractivity contribution in [2.24, 2.45) is 13.0 Å². The first-order chi connectivity index (χ1) is 7.75. The van der Waals surface area contributed by atoms with Crippen molar-refractivity contribution in [2.75, 3.05) is 0 Å². The van der Waals surface area contributed by atoms with Gasteiger partial charge in [-0.25, -0.2) is 9.97 Å². The fraction of sp³-hybridized carbons (Fsp3) is 0.545. The highest BCUT2D eigenvalue weighted by Crippen LogP contribution is 2.34. The highest BCUT2D eigenvalue weighted by atomic mass is 16.3. The number of aliphatic hydroxyl groups is 1. The zero-order valence-electron chi connectivity index (χ0n) is 9.17. The summed E-state index contributed by atoms with van der Waals surface area (Å²) in [6, 6.07) is 0. The molecule has 16 heavy (non-hydrogen) atoms. The maximum absolute atomic E-state index is 9.92. The summed E-state index contributed by atoms with van der Waals surface area (Å²) in [5.41, 5.74) is 1.73. The van der Waals surface area contributed by atoms with Gasteiger partial charge in [-0.3, -0.25) is 4.68 Å². The number of hydrogen-bond acceptors (Lipinski definition) is 4. The van der Waals surface area contributed by atoms with Crippen molar-refractivity contribution >= 4 is 11.0 Å². The second kappa shape index (κ2) is 3.52. The lowest BCUT2D eigenvalue weighted by Crippen LogP contribution is -2.14. The first-order valence-corrected chi connectivity index (χ1v) is 5.55. The SMILES string of the molecule is Cn1ncc2c(CC(O)C3CC3)ncnc21. The van der Waals surface area contributed by atoms with E-state index in [-0.39, 0.29) is 6.10 Å². The van der Waals surface area contributed by atoms with Crippen molar-refractivity contribution in [3.8, 4) is 0 Å². The lowest BCUT2D eigenvalue weighted by molar-refractivity contribution is 0.151. The molecule has 1 unspecified atom stereocenters. The van der Waals surface area contributed by atoms with Crippen LogP contribution in [0.4, 0.5) is 0 Å². The molecule has 1 fully saturated rings. The Bertz CT molecular complexity index is 518. The predicted octanol–water partition coefficient (Wildman–Crippen LogP) is 0.677. The van der Waals surface area contributed by atoms with Gasteiger partial charge in [-0.1, -0.05) is 0 Å². The van der Waals surface area contributed by atoms with E-state index in [1.54, 1.807) is 17.2 Å². The third-order valence-electron chi connectivity index (χ3n) is 3.18. The fourth-order valence-electron chi connectivity index (χ4n) is 2.02. The molecule has 1 atom stereocenters. The monoisotopic (exact) mass is 218 g/mol. The first-order valence-electron chi connectivity index (χ1n) is 5.55. The summed E-state index contributed by atoms with van der Waals surface area (Å²) < 4.78 is 1.73. The average Bonchev–Trinajstić information content (AvgIpc) is 3.05. The topological polar surface area (TPSA) is 63.8 Å². The number of rotatable bonds is 3. The van der Waals surface area contributed by atoms with Crippen molar-refractivity contribution in [3.05, 3.63) is 18.2 Å². The summed E-state index contributed by atoms with van der Waals surface area (Å²) in [6.07, 6.45) is 5.93. The smallest absolute Gasteiger partial charge is 0.161 e. The van der Waals surface area contributed by atoms with Gasteiger partial charge in [0.15, 0.2) is 5.65 Å². The van der Waals surface area contributed by atoms with Gasteiger partial charge in [0.25, 0.3) is 0 Å². The third kappa shape index (κ3) is 1.57. The van der Waals surface area contributed by atoms with Gasteiger partial charge in [0, 0.05) is 13.5 Å². The summed E-state index contributed by atoms with van der Waals surface area (Å²) in [6.45, 7) is 0. The Kier molecular flexibility index (Phi) is 2.14. The van der Waals surface area contributed by atoms with Crippen LogP contribution in [0.3, 0.4) is 0 Å². The van der Waals surface area contributed by atoms with Gasteiger partial charge >= 0.3 is 0 Å². The summed E-state index contributed by atoms with van der Waals surface area (Å²) in [5.74, 6) is 0.474. The maximum atomic E-state index is 9.92. The van der Waals surface area contributed by atoms with E-state index in [4.69, 9.17) is 0 Å². The molecule has 2 aromatic rings. The second-order valence-corrected chi connectivity index (χ2v) is 4.43. The molecule has 0 aliphatic heterocycles. The molecular weight excluding hydrogens is 204 g/mol. The predicted molar refractivity (Wildman–Crippen MR) is 58.7 cm³/mol. The summed E-state index contributed by atoms with van der Waals surface area (Å²) in [4.78, 5) is 8.42. The van der Waals surface area contributed by atoms with Gasteiger partial charge in [0.05, 0.1) is 23.4 Å². The van der Waals surface area contributed by atoms with Crippen molar-refractivity contribution in [1.82, 2.24) is 19.7 Å². The van der Waals surface area contributed by atoms with Crippen LogP contribution in [0.25, 0.3) is 11.0 Å². The van der Waals surface area contributed by atoms with Gasteiger partial charge in [0.1, 0.15) is 6.33 Å². The zero-order valence-corrected chi connectivity index (χ0v) is 9.17. The van der Waals surface area contributed by atoms with Crippen molar-refractivity contribution in [3.63, 3.8) is 0 Å². The van der Waals surface area contributed by atoms with E-state index in [1.807, 2.05) is 7.05 Å². The summed E-state index contributed by atoms with van der Waals surface area (Å²) in [7, 11) is 1.86. The third-order valence-corrected chi connectivity index (χ3v) is 3.18. The van der Waals surface area contributed by atoms with Crippen molar-refractivity contribution in [2.45, 2.75) is 25.4 Å². The molecular formula is C11H14N4O. The Morgan fingerprint density at radius 1 is 1.50 bits per heavy atom. The standard InChI is InChI=1S/C11H14N4O/c1-15-11-8(5-14-15)9(12-6-13-11)4-10(16)7-2-3-7/h5-7,10,16H,2-4H2,1H3. The molecule has 0 saturated heterocycles. The van der Waals surface area contributed by atoms with Crippen LogP contribution in [0.15, 0.2) is 12.5 Å². The lowest BCUT2D eigenvalue weighted by atomic mass is 10.1. The van der Waals surface area contributed by atoms with Gasteiger partial charge in [-0.05, 0) is 18.8 Å². The molecule has 2 aromatic heterocycles. The Balaban J connectivity index is 1.96. The fourth-order valence-corrected chi connectivity index (χ4v) is 2.02. The summed E-state index contributed by atoms with van der Waals surface area (Å²) in [5, 5.41) is 15.0. The largest absolute Gasteiger partial charge is 0.392 e. The number of fused-ring (bicyclic) bond motifs is 1. The van der Waals surface area contributed by atoms with Crippen LogP contribution in [0.2, 0.25) is 0 Å².